The molecule has 0 spiro atoms. The lowest BCUT2D eigenvalue weighted by molar-refractivity contribution is 0.482. The highest BCUT2D eigenvalue weighted by atomic mass is 16.3. The first kappa shape index (κ1) is 28.4. The highest BCUT2D eigenvalue weighted by Crippen LogP contribution is 2.40. The molecular formula is C36H32N6O2. The lowest BCUT2D eigenvalue weighted by atomic mass is 10.0. The zero-order valence-electron chi connectivity index (χ0n) is 24.5. The zero-order chi connectivity index (χ0) is 30.5. The highest BCUT2D eigenvalue weighted by Gasteiger charge is 2.11. The Morgan fingerprint density at radius 2 is 0.886 bits per heavy atom. The Labute approximate surface area is 255 Å². The van der Waals surface area contributed by atoms with E-state index in [1.807, 2.05) is 123 Å². The summed E-state index contributed by atoms with van der Waals surface area (Å²) in [5, 5.41) is 49.0. The number of rotatable bonds is 9. The smallest absolute Gasteiger partial charge is 0.151 e. The van der Waals surface area contributed by atoms with Crippen molar-refractivity contribution in [2.75, 3.05) is 23.7 Å². The third-order valence-corrected chi connectivity index (χ3v) is 7.42. The van der Waals surface area contributed by atoms with E-state index in [1.54, 1.807) is 0 Å². The van der Waals surface area contributed by atoms with Crippen molar-refractivity contribution in [3.63, 3.8) is 0 Å². The first-order valence-electron chi connectivity index (χ1n) is 14.4. The second-order valence-electron chi connectivity index (χ2n) is 10.6. The Kier molecular flexibility index (Phi) is 8.14. The van der Waals surface area contributed by atoms with Crippen LogP contribution in [0, 0.1) is 13.8 Å². The summed E-state index contributed by atoms with van der Waals surface area (Å²) in [6, 6.07) is 34.8. The molecule has 0 unspecified atom stereocenters. The first-order chi connectivity index (χ1) is 21.5. The largest absolute Gasteiger partial charge is 0.505 e. The molecule has 6 rings (SSSR count). The Balaban J connectivity index is 1.00. The Morgan fingerprint density at radius 1 is 0.500 bits per heavy atom. The predicted molar refractivity (Wildman–Crippen MR) is 179 cm³/mol. The van der Waals surface area contributed by atoms with E-state index in [0.717, 1.165) is 44.0 Å². The quantitative estimate of drug-likeness (QED) is 0.101. The number of aromatic hydroxyl groups is 2. The van der Waals surface area contributed by atoms with Crippen molar-refractivity contribution in [2.24, 2.45) is 20.5 Å². The van der Waals surface area contributed by atoms with Gasteiger partial charge in [0, 0.05) is 35.2 Å². The number of phenolic OH excluding ortho intramolecular Hbond substituents is 2. The van der Waals surface area contributed by atoms with Crippen molar-refractivity contribution in [1.29, 1.82) is 0 Å². The molecule has 0 saturated carbocycles. The Bertz CT molecular complexity index is 1850. The molecule has 0 heterocycles. The molecular weight excluding hydrogens is 548 g/mol. The minimum Gasteiger partial charge on any atom is -0.505 e. The van der Waals surface area contributed by atoms with Crippen LogP contribution in [0.4, 0.5) is 34.1 Å². The zero-order valence-corrected chi connectivity index (χ0v) is 24.5. The van der Waals surface area contributed by atoms with E-state index in [9.17, 15) is 10.2 Å². The predicted octanol–water partition coefficient (Wildman–Crippen LogP) is 10.4. The third kappa shape index (κ3) is 6.19. The molecule has 0 amide bonds. The van der Waals surface area contributed by atoms with Crippen LogP contribution in [0.1, 0.15) is 11.1 Å². The number of nitrogens with one attached hydrogen (secondary N) is 2. The lowest BCUT2D eigenvalue weighted by Gasteiger charge is -2.09. The van der Waals surface area contributed by atoms with Gasteiger partial charge in [-0.1, -0.05) is 48.5 Å². The average molecular weight is 581 g/mol. The molecule has 6 aromatic rings. The van der Waals surface area contributed by atoms with Gasteiger partial charge in [0.2, 0.25) is 0 Å². The molecule has 0 saturated heterocycles. The topological polar surface area (TPSA) is 114 Å². The lowest BCUT2D eigenvalue weighted by Crippen LogP contribution is -2.13. The standard InChI is InChI=1S/C36H32N6O2/c1-23-21-25-7-3-5-9-31(25)35(43)33(23)41-39-29-15-11-27(12-16-29)37-19-20-38-28-13-17-30(18-14-28)40-42-34-24(2)22-26-8-4-6-10-32(26)36(34)44/h3-18,21-22,37-38,43-44H,19-20H2,1-2H3/b41-39+,42-40+. The van der Waals surface area contributed by atoms with Crippen molar-refractivity contribution < 1.29 is 10.2 Å². The maximum absolute atomic E-state index is 10.7. The summed E-state index contributed by atoms with van der Waals surface area (Å²) in [5.41, 5.74) is 6.03. The summed E-state index contributed by atoms with van der Waals surface area (Å²) in [6.07, 6.45) is 0. The van der Waals surface area contributed by atoms with Gasteiger partial charge in [-0.15, -0.1) is 10.2 Å². The van der Waals surface area contributed by atoms with Gasteiger partial charge in [-0.2, -0.15) is 10.2 Å². The fourth-order valence-corrected chi connectivity index (χ4v) is 5.08. The summed E-state index contributed by atoms with van der Waals surface area (Å²) in [6.45, 7) is 5.27. The van der Waals surface area contributed by atoms with Crippen molar-refractivity contribution in [3.05, 3.63) is 120 Å². The van der Waals surface area contributed by atoms with Crippen LogP contribution in [-0.4, -0.2) is 23.3 Å². The summed E-state index contributed by atoms with van der Waals surface area (Å²) in [4.78, 5) is 0. The number of hydrogen-bond donors (Lipinski definition) is 4. The normalized spacial score (nSPS) is 11.6. The van der Waals surface area contributed by atoms with Gasteiger partial charge < -0.3 is 20.8 Å². The van der Waals surface area contributed by atoms with Crippen LogP contribution in [0.2, 0.25) is 0 Å². The van der Waals surface area contributed by atoms with Gasteiger partial charge >= 0.3 is 0 Å². The van der Waals surface area contributed by atoms with Gasteiger partial charge in [-0.3, -0.25) is 0 Å². The number of fused-ring (bicyclic) bond motifs is 2. The van der Waals surface area contributed by atoms with Crippen LogP contribution < -0.4 is 10.6 Å². The van der Waals surface area contributed by atoms with E-state index >= 15 is 0 Å². The van der Waals surface area contributed by atoms with E-state index in [1.165, 1.54) is 0 Å². The van der Waals surface area contributed by atoms with Gasteiger partial charge in [-0.25, -0.2) is 0 Å². The maximum atomic E-state index is 10.7. The van der Waals surface area contributed by atoms with Crippen LogP contribution in [0.15, 0.2) is 130 Å². The number of nitrogens with zero attached hydrogens (tertiary/aromatic N) is 4. The average Bonchev–Trinajstić information content (AvgIpc) is 3.04. The first-order valence-corrected chi connectivity index (χ1v) is 14.4. The van der Waals surface area contributed by atoms with Gasteiger partial charge in [-0.05, 0) is 96.4 Å². The van der Waals surface area contributed by atoms with Gasteiger partial charge in [0.1, 0.15) is 11.4 Å². The number of anilines is 2. The molecule has 0 aliphatic heterocycles. The van der Waals surface area contributed by atoms with Gasteiger partial charge in [0.15, 0.2) is 11.5 Å². The van der Waals surface area contributed by atoms with Crippen LogP contribution in [0.5, 0.6) is 11.5 Å². The van der Waals surface area contributed by atoms with E-state index in [-0.39, 0.29) is 11.5 Å². The highest BCUT2D eigenvalue weighted by molar-refractivity contribution is 5.94. The maximum Gasteiger partial charge on any atom is 0.151 e. The van der Waals surface area contributed by atoms with Crippen molar-refractivity contribution in [1.82, 2.24) is 0 Å². The van der Waals surface area contributed by atoms with Crippen LogP contribution in [0.3, 0.4) is 0 Å². The molecule has 0 bridgehead atoms. The fraction of sp³-hybridized carbons (Fsp3) is 0.111. The Morgan fingerprint density at radius 3 is 1.30 bits per heavy atom. The molecule has 0 atom stereocenters. The molecule has 0 aliphatic carbocycles. The summed E-state index contributed by atoms with van der Waals surface area (Å²) in [7, 11) is 0. The van der Waals surface area contributed by atoms with Crippen molar-refractivity contribution >= 4 is 55.7 Å². The molecule has 218 valence electrons. The number of phenols is 2. The minimum atomic E-state index is 0.144. The third-order valence-electron chi connectivity index (χ3n) is 7.42. The summed E-state index contributed by atoms with van der Waals surface area (Å²) < 4.78 is 0. The molecule has 44 heavy (non-hydrogen) atoms. The van der Waals surface area contributed by atoms with Crippen LogP contribution >= 0.6 is 0 Å². The van der Waals surface area contributed by atoms with E-state index < -0.39 is 0 Å². The van der Waals surface area contributed by atoms with E-state index in [0.29, 0.717) is 35.8 Å². The van der Waals surface area contributed by atoms with Gasteiger partial charge in [0.05, 0.1) is 11.4 Å². The molecule has 6 aromatic carbocycles. The molecule has 0 aliphatic rings. The van der Waals surface area contributed by atoms with Crippen LogP contribution in [0.25, 0.3) is 21.5 Å². The molecule has 0 radical (unpaired) electrons. The van der Waals surface area contributed by atoms with Crippen molar-refractivity contribution in [3.8, 4) is 11.5 Å². The fourth-order valence-electron chi connectivity index (χ4n) is 5.08. The van der Waals surface area contributed by atoms with E-state index in [4.69, 9.17) is 0 Å². The summed E-state index contributed by atoms with van der Waals surface area (Å²) >= 11 is 0. The molecule has 0 aromatic heterocycles. The SMILES string of the molecule is Cc1cc2ccccc2c(O)c1/N=N/c1ccc(NCCNc2ccc(/N=N/c3c(C)cc4ccccc4c3O)cc2)cc1. The number of benzene rings is 6. The van der Waals surface area contributed by atoms with E-state index in [2.05, 4.69) is 31.1 Å². The number of hydrogen-bond acceptors (Lipinski definition) is 8. The molecule has 8 nitrogen and oxygen atoms in total. The Hall–Kier alpha value is -5.76. The molecule has 0 fully saturated rings. The second-order valence-corrected chi connectivity index (χ2v) is 10.6. The molecule has 4 N–H and O–H groups in total. The minimum absolute atomic E-state index is 0.144. The second kappa shape index (κ2) is 12.6. The molecule has 8 heteroatoms. The summed E-state index contributed by atoms with van der Waals surface area (Å²) in [5.74, 6) is 0.288. The monoisotopic (exact) mass is 580 g/mol. The number of azo groups is 2. The number of aryl methyl sites for hydroxylation is 2. The van der Waals surface area contributed by atoms with Gasteiger partial charge in [0.25, 0.3) is 0 Å². The van der Waals surface area contributed by atoms with Crippen molar-refractivity contribution in [2.45, 2.75) is 13.8 Å². The van der Waals surface area contributed by atoms with Crippen LogP contribution in [-0.2, 0) is 0 Å².